The van der Waals surface area contributed by atoms with Gasteiger partial charge in [-0.3, -0.25) is 5.32 Å². The Kier molecular flexibility index (Phi) is 5.92. The summed E-state index contributed by atoms with van der Waals surface area (Å²) in [6.07, 6.45) is 6.31. The van der Waals surface area contributed by atoms with Crippen LogP contribution in [0.15, 0.2) is 12.3 Å². The number of nitrogens with one attached hydrogen (secondary N) is 3. The van der Waals surface area contributed by atoms with Gasteiger partial charge in [0.15, 0.2) is 0 Å². The van der Waals surface area contributed by atoms with Crippen LogP contribution in [0, 0.1) is 0 Å². The van der Waals surface area contributed by atoms with Gasteiger partial charge in [-0.1, -0.05) is 26.2 Å². The molecule has 1 unspecified atom stereocenters. The molecule has 0 saturated carbocycles. The van der Waals surface area contributed by atoms with Crippen LogP contribution in [0.3, 0.4) is 0 Å². The third kappa shape index (κ3) is 5.79. The molecule has 0 fully saturated rings. The van der Waals surface area contributed by atoms with Crippen LogP contribution in [0.2, 0.25) is 0 Å². The molecule has 0 aromatic carbocycles. The van der Waals surface area contributed by atoms with Gasteiger partial charge < -0.3 is 15.4 Å². The highest BCUT2D eigenvalue weighted by Crippen LogP contribution is 1.99. The molecule has 1 heterocycles. The quantitative estimate of drug-likeness (QED) is 0.616. The van der Waals surface area contributed by atoms with E-state index in [2.05, 4.69) is 22.9 Å². The van der Waals surface area contributed by atoms with Gasteiger partial charge >= 0.3 is 12.1 Å². The van der Waals surface area contributed by atoms with Gasteiger partial charge in [-0.05, 0) is 12.5 Å². The van der Waals surface area contributed by atoms with E-state index in [4.69, 9.17) is 4.74 Å². The zero-order valence-corrected chi connectivity index (χ0v) is 9.99. The number of amides is 3. The lowest BCUT2D eigenvalue weighted by atomic mass is 10.2. The smallest absolute Gasteiger partial charge is 0.409 e. The first-order chi connectivity index (χ1) is 8.22. The summed E-state index contributed by atoms with van der Waals surface area (Å²) in [6.45, 7) is 2.54. The van der Waals surface area contributed by atoms with Gasteiger partial charge in [0.05, 0.1) is 6.61 Å². The highest BCUT2D eigenvalue weighted by atomic mass is 16.5. The SMILES string of the molecule is CCCCCCOC(=O)NC1C=CNC(=O)N1. The number of alkyl carbamates (subject to hydrolysis) is 1. The standard InChI is InChI=1S/C11H19N3O3/c1-2-3-4-5-8-17-11(16)14-9-6-7-12-10(15)13-9/h6-7,9H,2-5,8H2,1H3,(H,14,16)(H2,12,13,15). The first-order valence-electron chi connectivity index (χ1n) is 5.89. The maximum Gasteiger partial charge on any atom is 0.409 e. The van der Waals surface area contributed by atoms with Gasteiger partial charge in [0, 0.05) is 6.20 Å². The van der Waals surface area contributed by atoms with E-state index in [1.807, 2.05) is 0 Å². The lowest BCUT2D eigenvalue weighted by Gasteiger charge is -2.19. The highest BCUT2D eigenvalue weighted by molar-refractivity contribution is 5.77. The normalized spacial score (nSPS) is 18.2. The molecule has 0 radical (unpaired) electrons. The molecule has 0 spiro atoms. The second-order valence-electron chi connectivity index (χ2n) is 3.80. The first kappa shape index (κ1) is 13.3. The van der Waals surface area contributed by atoms with Crippen LogP contribution in [0.4, 0.5) is 9.59 Å². The molecule has 3 amide bonds. The Bertz CT molecular complexity index is 292. The number of hydrogen-bond donors (Lipinski definition) is 3. The zero-order valence-electron chi connectivity index (χ0n) is 9.99. The molecule has 17 heavy (non-hydrogen) atoms. The number of carbonyl (C=O) groups is 2. The van der Waals surface area contributed by atoms with E-state index in [0.717, 1.165) is 25.7 Å². The molecule has 96 valence electrons. The molecular formula is C11H19N3O3. The number of hydrogen-bond acceptors (Lipinski definition) is 3. The van der Waals surface area contributed by atoms with E-state index in [0.29, 0.717) is 6.61 Å². The Morgan fingerprint density at radius 3 is 3.00 bits per heavy atom. The van der Waals surface area contributed by atoms with Gasteiger partial charge in [0.2, 0.25) is 0 Å². The van der Waals surface area contributed by atoms with Crippen molar-refractivity contribution in [2.75, 3.05) is 6.61 Å². The maximum absolute atomic E-state index is 11.3. The Morgan fingerprint density at radius 2 is 2.29 bits per heavy atom. The fraction of sp³-hybridized carbons (Fsp3) is 0.636. The minimum atomic E-state index is -0.515. The van der Waals surface area contributed by atoms with Crippen molar-refractivity contribution in [1.82, 2.24) is 16.0 Å². The van der Waals surface area contributed by atoms with Crippen LogP contribution >= 0.6 is 0 Å². The fourth-order valence-corrected chi connectivity index (χ4v) is 1.40. The Balaban J connectivity index is 2.10. The van der Waals surface area contributed by atoms with Crippen molar-refractivity contribution >= 4 is 12.1 Å². The lowest BCUT2D eigenvalue weighted by Crippen LogP contribution is -2.52. The molecule has 1 atom stereocenters. The number of rotatable bonds is 6. The first-order valence-corrected chi connectivity index (χ1v) is 5.89. The minimum Gasteiger partial charge on any atom is -0.450 e. The number of carbonyl (C=O) groups excluding carboxylic acids is 2. The molecule has 0 aromatic rings. The fourth-order valence-electron chi connectivity index (χ4n) is 1.40. The topological polar surface area (TPSA) is 79.5 Å². The third-order valence-corrected chi connectivity index (χ3v) is 2.29. The number of ether oxygens (including phenoxy) is 1. The van der Waals surface area contributed by atoms with Crippen molar-refractivity contribution in [1.29, 1.82) is 0 Å². The summed E-state index contributed by atoms with van der Waals surface area (Å²) in [5.41, 5.74) is 0. The molecule has 6 heteroatoms. The average molecular weight is 241 g/mol. The Labute approximate surface area is 101 Å². The minimum absolute atomic E-state index is 0.347. The summed E-state index contributed by atoms with van der Waals surface area (Å²) >= 11 is 0. The number of urea groups is 1. The van der Waals surface area contributed by atoms with Gasteiger partial charge in [0.25, 0.3) is 0 Å². The van der Waals surface area contributed by atoms with Crippen molar-refractivity contribution in [2.24, 2.45) is 0 Å². The molecule has 0 aromatic heterocycles. The van der Waals surface area contributed by atoms with Gasteiger partial charge in [-0.25, -0.2) is 9.59 Å². The summed E-state index contributed by atoms with van der Waals surface area (Å²) in [5, 5.41) is 7.46. The summed E-state index contributed by atoms with van der Waals surface area (Å²) in [6, 6.07) is -0.347. The van der Waals surface area contributed by atoms with Crippen LogP contribution in [-0.4, -0.2) is 24.9 Å². The van der Waals surface area contributed by atoms with Crippen LogP contribution < -0.4 is 16.0 Å². The van der Waals surface area contributed by atoms with Crippen LogP contribution in [-0.2, 0) is 4.74 Å². The maximum atomic E-state index is 11.3. The summed E-state index contributed by atoms with van der Waals surface area (Å²) in [4.78, 5) is 22.2. The van der Waals surface area contributed by atoms with E-state index >= 15 is 0 Å². The molecule has 1 aliphatic heterocycles. The predicted molar refractivity (Wildman–Crippen MR) is 63.2 cm³/mol. The van der Waals surface area contributed by atoms with Crippen molar-refractivity contribution in [2.45, 2.75) is 38.8 Å². The van der Waals surface area contributed by atoms with Crippen LogP contribution in [0.25, 0.3) is 0 Å². The van der Waals surface area contributed by atoms with E-state index in [9.17, 15) is 9.59 Å². The van der Waals surface area contributed by atoms with Crippen molar-refractivity contribution in [3.05, 3.63) is 12.3 Å². The largest absolute Gasteiger partial charge is 0.450 e. The molecule has 3 N–H and O–H groups in total. The summed E-state index contributed by atoms with van der Waals surface area (Å²) in [5.74, 6) is 0. The lowest BCUT2D eigenvalue weighted by molar-refractivity contribution is 0.140. The van der Waals surface area contributed by atoms with Crippen LogP contribution in [0.1, 0.15) is 32.6 Å². The Hall–Kier alpha value is -1.72. The van der Waals surface area contributed by atoms with Crippen molar-refractivity contribution in [3.63, 3.8) is 0 Å². The van der Waals surface area contributed by atoms with E-state index < -0.39 is 12.3 Å². The third-order valence-electron chi connectivity index (χ3n) is 2.29. The zero-order chi connectivity index (χ0) is 12.5. The predicted octanol–water partition coefficient (Wildman–Crippen LogP) is 1.45. The highest BCUT2D eigenvalue weighted by Gasteiger charge is 2.15. The van der Waals surface area contributed by atoms with E-state index in [1.54, 1.807) is 6.08 Å². The number of unbranched alkanes of at least 4 members (excludes halogenated alkanes) is 3. The summed E-state index contributed by atoms with van der Waals surface area (Å²) < 4.78 is 4.97. The average Bonchev–Trinajstić information content (AvgIpc) is 2.29. The monoisotopic (exact) mass is 241 g/mol. The van der Waals surface area contributed by atoms with Gasteiger partial charge in [-0.15, -0.1) is 0 Å². The molecular weight excluding hydrogens is 222 g/mol. The summed E-state index contributed by atoms with van der Waals surface area (Å²) in [7, 11) is 0. The molecule has 1 aliphatic rings. The van der Waals surface area contributed by atoms with E-state index in [1.165, 1.54) is 6.20 Å². The van der Waals surface area contributed by atoms with Gasteiger partial charge in [0.1, 0.15) is 6.17 Å². The molecule has 6 nitrogen and oxygen atoms in total. The van der Waals surface area contributed by atoms with E-state index in [-0.39, 0.29) is 6.03 Å². The Morgan fingerprint density at radius 1 is 1.47 bits per heavy atom. The second kappa shape index (κ2) is 7.54. The van der Waals surface area contributed by atoms with Crippen molar-refractivity contribution < 1.29 is 14.3 Å². The molecule has 0 saturated heterocycles. The van der Waals surface area contributed by atoms with Crippen molar-refractivity contribution in [3.8, 4) is 0 Å². The van der Waals surface area contributed by atoms with Crippen LogP contribution in [0.5, 0.6) is 0 Å². The second-order valence-corrected chi connectivity index (χ2v) is 3.80. The molecule has 1 rings (SSSR count). The van der Waals surface area contributed by atoms with Gasteiger partial charge in [-0.2, -0.15) is 0 Å². The molecule has 0 bridgehead atoms. The molecule has 0 aliphatic carbocycles.